The molecule has 3 aromatic rings. The van der Waals surface area contributed by atoms with Crippen molar-refractivity contribution >= 4 is 15.7 Å². The Labute approximate surface area is 180 Å². The van der Waals surface area contributed by atoms with Gasteiger partial charge in [-0.15, -0.1) is 0 Å². The van der Waals surface area contributed by atoms with Crippen molar-refractivity contribution in [2.75, 3.05) is 18.5 Å². The molecular formula is C22H23FN4O3S. The average molecular weight is 443 g/mol. The lowest BCUT2D eigenvalue weighted by molar-refractivity contribution is 0.210. The first-order valence-corrected chi connectivity index (χ1v) is 11.6. The number of aliphatic hydroxyl groups is 1. The largest absolute Gasteiger partial charge is 0.394 e. The molecule has 7 nitrogen and oxygen atoms in total. The van der Waals surface area contributed by atoms with Crippen molar-refractivity contribution in [3.63, 3.8) is 0 Å². The summed E-state index contributed by atoms with van der Waals surface area (Å²) >= 11 is 0. The van der Waals surface area contributed by atoms with E-state index in [1.165, 1.54) is 29.0 Å². The van der Waals surface area contributed by atoms with Crippen LogP contribution in [-0.2, 0) is 17.1 Å². The van der Waals surface area contributed by atoms with Gasteiger partial charge < -0.3 is 15.0 Å². The highest BCUT2D eigenvalue weighted by Gasteiger charge is 2.49. The van der Waals surface area contributed by atoms with E-state index < -0.39 is 16.1 Å². The molecule has 2 aliphatic heterocycles. The number of hydrogen-bond donors (Lipinski definition) is 2. The standard InChI is InChI=1S/C22H23FN4O3S/c1-26-11-21(24-13-26)31(29,30)27-8-7-17-20(12-28)25-19-6-5-15(10-18(19)22(17)27)14-3-2-4-16(23)9-14/h2-6,9-11,13,17,20,22,25,28H,7-8,12H2,1H3/t17-,20+,22-/m1/s1. The highest BCUT2D eigenvalue weighted by molar-refractivity contribution is 7.89. The Morgan fingerprint density at radius 2 is 2.03 bits per heavy atom. The fourth-order valence-corrected chi connectivity index (χ4v) is 6.41. The number of fused-ring (bicyclic) bond motifs is 3. The second kappa shape index (κ2) is 7.44. The van der Waals surface area contributed by atoms with Crippen molar-refractivity contribution in [1.82, 2.24) is 13.9 Å². The number of nitrogens with zero attached hydrogens (tertiary/aromatic N) is 3. The van der Waals surface area contributed by atoms with E-state index in [9.17, 15) is 17.9 Å². The molecule has 31 heavy (non-hydrogen) atoms. The zero-order valence-corrected chi connectivity index (χ0v) is 17.8. The van der Waals surface area contributed by atoms with Gasteiger partial charge in [-0.1, -0.05) is 18.2 Å². The topological polar surface area (TPSA) is 87.5 Å². The summed E-state index contributed by atoms with van der Waals surface area (Å²) in [4.78, 5) is 4.07. The fourth-order valence-electron chi connectivity index (χ4n) is 4.78. The van der Waals surface area contributed by atoms with Crippen LogP contribution in [0.15, 0.2) is 60.0 Å². The summed E-state index contributed by atoms with van der Waals surface area (Å²) in [7, 11) is -2.09. The van der Waals surface area contributed by atoms with Gasteiger partial charge in [-0.2, -0.15) is 4.31 Å². The van der Waals surface area contributed by atoms with Crippen LogP contribution in [0.2, 0.25) is 0 Å². The lowest BCUT2D eigenvalue weighted by Gasteiger charge is -2.38. The molecule has 1 saturated heterocycles. The Bertz CT molecular complexity index is 1240. The molecule has 3 heterocycles. The van der Waals surface area contributed by atoms with Crippen molar-refractivity contribution < 1.29 is 17.9 Å². The van der Waals surface area contributed by atoms with Gasteiger partial charge >= 0.3 is 0 Å². The van der Waals surface area contributed by atoms with Crippen LogP contribution < -0.4 is 5.32 Å². The minimum absolute atomic E-state index is 0.0116. The molecule has 1 aromatic heterocycles. The number of halogens is 1. The SMILES string of the molecule is Cn1cnc(S(=O)(=O)N2CC[C@@H]3[C@H](CO)Nc4ccc(-c5cccc(F)c5)cc4[C@@H]32)c1. The van der Waals surface area contributed by atoms with E-state index in [0.717, 1.165) is 22.4 Å². The predicted molar refractivity (Wildman–Crippen MR) is 114 cm³/mol. The second-order valence-corrected chi connectivity index (χ2v) is 9.97. The molecule has 2 aliphatic rings. The minimum Gasteiger partial charge on any atom is -0.394 e. The number of imidazole rings is 1. The third kappa shape index (κ3) is 3.33. The normalized spacial score (nSPS) is 23.3. The van der Waals surface area contributed by atoms with E-state index in [2.05, 4.69) is 10.3 Å². The molecule has 2 N–H and O–H groups in total. The highest BCUT2D eigenvalue weighted by atomic mass is 32.2. The van der Waals surface area contributed by atoms with Crippen LogP contribution in [0, 0.1) is 11.7 Å². The number of benzene rings is 2. The highest BCUT2D eigenvalue weighted by Crippen LogP contribution is 2.49. The zero-order valence-electron chi connectivity index (χ0n) is 16.9. The first-order valence-electron chi connectivity index (χ1n) is 10.2. The number of nitrogens with one attached hydrogen (secondary N) is 1. The molecule has 0 saturated carbocycles. The number of hydrogen-bond acceptors (Lipinski definition) is 5. The quantitative estimate of drug-likeness (QED) is 0.649. The van der Waals surface area contributed by atoms with Crippen LogP contribution >= 0.6 is 0 Å². The van der Waals surface area contributed by atoms with Gasteiger partial charge in [0.2, 0.25) is 0 Å². The summed E-state index contributed by atoms with van der Waals surface area (Å²) in [5, 5.41) is 13.3. The van der Waals surface area contributed by atoms with E-state index in [4.69, 9.17) is 0 Å². The van der Waals surface area contributed by atoms with E-state index in [0.29, 0.717) is 13.0 Å². The Hall–Kier alpha value is -2.75. The summed E-state index contributed by atoms with van der Waals surface area (Å²) in [5.41, 5.74) is 3.14. The van der Waals surface area contributed by atoms with Crippen LogP contribution in [0.5, 0.6) is 0 Å². The average Bonchev–Trinajstić information content (AvgIpc) is 3.40. The number of rotatable bonds is 4. The van der Waals surface area contributed by atoms with Gasteiger partial charge in [0, 0.05) is 31.4 Å². The molecule has 3 atom stereocenters. The molecule has 0 bridgehead atoms. The number of aryl methyl sites for hydroxylation is 1. The Balaban J connectivity index is 1.62. The summed E-state index contributed by atoms with van der Waals surface area (Å²) in [6, 6.07) is 11.3. The molecule has 0 unspecified atom stereocenters. The molecule has 2 aromatic carbocycles. The van der Waals surface area contributed by atoms with Gasteiger partial charge in [0.15, 0.2) is 5.03 Å². The van der Waals surface area contributed by atoms with E-state index in [1.54, 1.807) is 17.7 Å². The van der Waals surface area contributed by atoms with Gasteiger partial charge in [0.05, 0.1) is 25.0 Å². The molecular weight excluding hydrogens is 419 g/mol. The summed E-state index contributed by atoms with van der Waals surface area (Å²) in [5.74, 6) is -0.412. The van der Waals surface area contributed by atoms with E-state index >= 15 is 0 Å². The van der Waals surface area contributed by atoms with Crippen LogP contribution in [0.3, 0.4) is 0 Å². The van der Waals surface area contributed by atoms with Crippen LogP contribution in [-0.4, -0.2) is 46.6 Å². The summed E-state index contributed by atoms with van der Waals surface area (Å²) in [6.45, 7) is 0.250. The monoisotopic (exact) mass is 442 g/mol. The maximum Gasteiger partial charge on any atom is 0.262 e. The van der Waals surface area contributed by atoms with Crippen molar-refractivity contribution in [2.24, 2.45) is 13.0 Å². The predicted octanol–water partition coefficient (Wildman–Crippen LogP) is 2.76. The number of anilines is 1. The lowest BCUT2D eigenvalue weighted by Crippen LogP contribution is -2.42. The maximum absolute atomic E-state index is 13.8. The molecule has 9 heteroatoms. The number of sulfonamides is 1. The van der Waals surface area contributed by atoms with Gasteiger partial charge in [-0.3, -0.25) is 0 Å². The molecule has 0 aliphatic carbocycles. The maximum atomic E-state index is 13.8. The van der Waals surface area contributed by atoms with E-state index in [-0.39, 0.29) is 29.4 Å². The van der Waals surface area contributed by atoms with Gasteiger partial charge in [0.25, 0.3) is 10.0 Å². The molecule has 5 rings (SSSR count). The van der Waals surface area contributed by atoms with Crippen molar-refractivity contribution in [1.29, 1.82) is 0 Å². The van der Waals surface area contributed by atoms with Crippen molar-refractivity contribution in [3.8, 4) is 11.1 Å². The summed E-state index contributed by atoms with van der Waals surface area (Å²) < 4.78 is 43.7. The van der Waals surface area contributed by atoms with Crippen molar-refractivity contribution in [3.05, 3.63) is 66.4 Å². The third-order valence-corrected chi connectivity index (χ3v) is 8.00. The Morgan fingerprint density at radius 3 is 2.74 bits per heavy atom. The van der Waals surface area contributed by atoms with Crippen LogP contribution in [0.4, 0.5) is 10.1 Å². The second-order valence-electron chi connectivity index (χ2n) is 8.14. The van der Waals surface area contributed by atoms with Crippen LogP contribution in [0.25, 0.3) is 11.1 Å². The minimum atomic E-state index is -3.81. The molecule has 0 spiro atoms. The Kier molecular flexibility index (Phi) is 4.84. The van der Waals surface area contributed by atoms with E-state index in [1.807, 2.05) is 24.3 Å². The molecule has 0 amide bonds. The molecule has 0 radical (unpaired) electrons. The zero-order chi connectivity index (χ0) is 21.8. The first-order chi connectivity index (χ1) is 14.9. The molecule has 162 valence electrons. The van der Waals surface area contributed by atoms with Gasteiger partial charge in [-0.05, 0) is 47.4 Å². The lowest BCUT2D eigenvalue weighted by atomic mass is 9.82. The van der Waals surface area contributed by atoms with Crippen LogP contribution in [0.1, 0.15) is 18.0 Å². The number of aromatic nitrogens is 2. The number of aliphatic hydroxyl groups excluding tert-OH is 1. The molecule has 1 fully saturated rings. The third-order valence-electron chi connectivity index (χ3n) is 6.24. The Morgan fingerprint density at radius 1 is 1.23 bits per heavy atom. The van der Waals surface area contributed by atoms with Crippen molar-refractivity contribution in [2.45, 2.75) is 23.5 Å². The van der Waals surface area contributed by atoms with Gasteiger partial charge in [0.1, 0.15) is 5.82 Å². The van der Waals surface area contributed by atoms with Gasteiger partial charge in [-0.25, -0.2) is 17.8 Å². The smallest absolute Gasteiger partial charge is 0.262 e. The first kappa shape index (κ1) is 20.2. The fraction of sp³-hybridized carbons (Fsp3) is 0.318. The summed E-state index contributed by atoms with van der Waals surface area (Å²) in [6.07, 6.45) is 3.59.